The van der Waals surface area contributed by atoms with E-state index in [-0.39, 0.29) is 24.1 Å². The molecule has 0 atom stereocenters. The van der Waals surface area contributed by atoms with E-state index in [0.29, 0.717) is 51.0 Å². The molecule has 0 saturated carbocycles. The van der Waals surface area contributed by atoms with Gasteiger partial charge in [0.15, 0.2) is 18.2 Å². The highest BCUT2D eigenvalue weighted by molar-refractivity contribution is 6.33. The molecule has 0 saturated heterocycles. The van der Waals surface area contributed by atoms with Crippen molar-refractivity contribution in [2.75, 3.05) is 11.9 Å². The summed E-state index contributed by atoms with van der Waals surface area (Å²) in [6.07, 6.45) is 3.92. The third kappa shape index (κ3) is 4.73. The number of carbonyl (C=O) groups is 3. The molecule has 1 aliphatic heterocycles. The topological polar surface area (TPSA) is 84.5 Å². The van der Waals surface area contributed by atoms with Crippen LogP contribution in [0.25, 0.3) is 0 Å². The van der Waals surface area contributed by atoms with Crippen molar-refractivity contribution in [3.63, 3.8) is 0 Å². The van der Waals surface area contributed by atoms with Crippen LogP contribution in [0.3, 0.4) is 0 Å². The van der Waals surface area contributed by atoms with E-state index in [1.165, 1.54) is 0 Å². The van der Waals surface area contributed by atoms with Gasteiger partial charge in [0.25, 0.3) is 5.91 Å². The van der Waals surface area contributed by atoms with Gasteiger partial charge in [0.05, 0.1) is 10.7 Å². The van der Waals surface area contributed by atoms with Crippen LogP contribution in [0.4, 0.5) is 5.69 Å². The summed E-state index contributed by atoms with van der Waals surface area (Å²) < 4.78 is 5.95. The Hall–Kier alpha value is -3.09. The van der Waals surface area contributed by atoms with E-state index in [4.69, 9.17) is 27.9 Å². The molecular weight excluding hydrogens is 487 g/mol. The minimum atomic E-state index is -0.567. The van der Waals surface area contributed by atoms with Gasteiger partial charge < -0.3 is 15.4 Å². The summed E-state index contributed by atoms with van der Waals surface area (Å²) in [4.78, 5) is 38.8. The van der Waals surface area contributed by atoms with Crippen LogP contribution >= 0.6 is 23.2 Å². The highest BCUT2D eigenvalue weighted by Crippen LogP contribution is 2.48. The lowest BCUT2D eigenvalue weighted by atomic mass is 9.71. The van der Waals surface area contributed by atoms with Crippen LogP contribution in [0.15, 0.2) is 65.0 Å². The molecule has 2 aromatic carbocycles. The van der Waals surface area contributed by atoms with E-state index in [9.17, 15) is 14.4 Å². The molecule has 8 heteroatoms. The zero-order chi connectivity index (χ0) is 24.5. The molecule has 0 unspecified atom stereocenters. The molecule has 35 heavy (non-hydrogen) atoms. The molecule has 180 valence electrons. The first-order valence-electron chi connectivity index (χ1n) is 11.7. The standard InChI is InChI=1S/C27H24Cl2N2O4/c28-15-11-12-23(35-14-24(34)31-18-6-2-1-5-17(18)29)16(13-15)25-26-19(7-3-9-21(26)32)30-20-8-4-10-22(33)27(20)25/h1-2,5-6,11-13,25,30H,3-4,7-10,14H2,(H,31,34). The summed E-state index contributed by atoms with van der Waals surface area (Å²) in [5, 5.41) is 7.02. The molecule has 6 nitrogen and oxygen atoms in total. The molecule has 0 aromatic heterocycles. The first kappa shape index (κ1) is 23.6. The Balaban J connectivity index is 1.49. The minimum Gasteiger partial charge on any atom is -0.483 e. The molecule has 2 aromatic rings. The van der Waals surface area contributed by atoms with E-state index in [2.05, 4.69) is 10.6 Å². The number of amides is 1. The summed E-state index contributed by atoms with van der Waals surface area (Å²) in [7, 11) is 0. The van der Waals surface area contributed by atoms with Crippen LogP contribution in [0.1, 0.15) is 50.0 Å². The van der Waals surface area contributed by atoms with Crippen molar-refractivity contribution in [2.45, 2.75) is 44.4 Å². The van der Waals surface area contributed by atoms with Gasteiger partial charge in [0, 0.05) is 51.9 Å². The Bertz CT molecular complexity index is 1260. The van der Waals surface area contributed by atoms with Crippen LogP contribution in [-0.4, -0.2) is 24.1 Å². The van der Waals surface area contributed by atoms with Crippen LogP contribution in [0, 0.1) is 0 Å². The lowest BCUT2D eigenvalue weighted by Gasteiger charge is -2.37. The molecule has 0 bridgehead atoms. The van der Waals surface area contributed by atoms with Gasteiger partial charge in [-0.05, 0) is 56.0 Å². The molecule has 0 radical (unpaired) electrons. The fourth-order valence-corrected chi connectivity index (χ4v) is 5.43. The second kappa shape index (κ2) is 9.88. The summed E-state index contributed by atoms with van der Waals surface area (Å²) >= 11 is 12.5. The van der Waals surface area contributed by atoms with Crippen molar-refractivity contribution in [3.05, 3.63) is 80.6 Å². The minimum absolute atomic E-state index is 0.0241. The Morgan fingerprint density at radius 1 is 0.943 bits per heavy atom. The lowest BCUT2D eigenvalue weighted by molar-refractivity contribution is -0.119. The predicted octanol–water partition coefficient (Wildman–Crippen LogP) is 5.71. The number of ether oxygens (including phenoxy) is 1. The number of hydrogen-bond donors (Lipinski definition) is 2. The average molecular weight is 511 g/mol. The van der Waals surface area contributed by atoms with Gasteiger partial charge in [-0.3, -0.25) is 14.4 Å². The van der Waals surface area contributed by atoms with Gasteiger partial charge in [-0.15, -0.1) is 0 Å². The number of benzene rings is 2. The molecule has 1 heterocycles. The smallest absolute Gasteiger partial charge is 0.262 e. The highest BCUT2D eigenvalue weighted by atomic mass is 35.5. The maximum Gasteiger partial charge on any atom is 0.262 e. The third-order valence-corrected chi connectivity index (χ3v) is 7.15. The number of para-hydroxylation sites is 1. The number of halogens is 2. The normalized spacial score (nSPS) is 18.1. The quantitative estimate of drug-likeness (QED) is 0.537. The number of nitrogens with one attached hydrogen (secondary N) is 2. The number of dihydropyridines is 1. The van der Waals surface area contributed by atoms with Crippen LogP contribution in [-0.2, 0) is 14.4 Å². The number of hydrogen-bond acceptors (Lipinski definition) is 5. The zero-order valence-corrected chi connectivity index (χ0v) is 20.5. The molecule has 0 fully saturated rings. The van der Waals surface area contributed by atoms with Crippen molar-refractivity contribution in [1.82, 2.24) is 5.32 Å². The van der Waals surface area contributed by atoms with Gasteiger partial charge in [0.2, 0.25) is 0 Å². The number of Topliss-reactive ketones (excluding diaryl/α,β-unsaturated/α-hetero) is 2. The lowest BCUT2D eigenvalue weighted by Crippen LogP contribution is -2.36. The second-order valence-corrected chi connectivity index (χ2v) is 9.74. The monoisotopic (exact) mass is 510 g/mol. The van der Waals surface area contributed by atoms with Crippen molar-refractivity contribution >= 4 is 46.4 Å². The summed E-state index contributed by atoms with van der Waals surface area (Å²) in [5.41, 5.74) is 4.08. The highest BCUT2D eigenvalue weighted by Gasteiger charge is 2.41. The number of carbonyl (C=O) groups excluding carboxylic acids is 3. The maximum atomic E-state index is 13.1. The van der Waals surface area contributed by atoms with Gasteiger partial charge in [0.1, 0.15) is 5.75 Å². The first-order valence-corrected chi connectivity index (χ1v) is 12.4. The summed E-state index contributed by atoms with van der Waals surface area (Å²) in [6, 6.07) is 12.0. The molecule has 5 rings (SSSR count). The van der Waals surface area contributed by atoms with Gasteiger partial charge in [-0.25, -0.2) is 0 Å². The Morgan fingerprint density at radius 2 is 1.60 bits per heavy atom. The zero-order valence-electron chi connectivity index (χ0n) is 19.0. The van der Waals surface area contributed by atoms with E-state index in [1.54, 1.807) is 42.5 Å². The predicted molar refractivity (Wildman–Crippen MR) is 135 cm³/mol. The Kier molecular flexibility index (Phi) is 6.67. The van der Waals surface area contributed by atoms with Crippen molar-refractivity contribution < 1.29 is 19.1 Å². The fourth-order valence-electron chi connectivity index (χ4n) is 5.06. The van der Waals surface area contributed by atoms with E-state index in [0.717, 1.165) is 37.1 Å². The first-order chi connectivity index (χ1) is 16.9. The number of anilines is 1. The largest absolute Gasteiger partial charge is 0.483 e. The van der Waals surface area contributed by atoms with Crippen LogP contribution in [0.5, 0.6) is 5.75 Å². The molecule has 2 N–H and O–H groups in total. The Labute approximate surface area is 213 Å². The number of allylic oxidation sites excluding steroid dienone is 4. The van der Waals surface area contributed by atoms with Crippen molar-refractivity contribution in [1.29, 1.82) is 0 Å². The molecule has 3 aliphatic rings. The molecule has 2 aliphatic carbocycles. The Morgan fingerprint density at radius 3 is 2.26 bits per heavy atom. The molecule has 1 amide bonds. The van der Waals surface area contributed by atoms with E-state index >= 15 is 0 Å². The fraction of sp³-hybridized carbons (Fsp3) is 0.296. The van der Waals surface area contributed by atoms with Crippen molar-refractivity contribution in [3.8, 4) is 5.75 Å². The average Bonchev–Trinajstić information content (AvgIpc) is 2.84. The third-order valence-electron chi connectivity index (χ3n) is 6.58. The number of ketones is 2. The molecule has 0 spiro atoms. The second-order valence-electron chi connectivity index (χ2n) is 8.89. The molecular formula is C27H24Cl2N2O4. The van der Waals surface area contributed by atoms with Crippen LogP contribution < -0.4 is 15.4 Å². The maximum absolute atomic E-state index is 13.1. The van der Waals surface area contributed by atoms with E-state index < -0.39 is 5.92 Å². The summed E-state index contributed by atoms with van der Waals surface area (Å²) in [5.74, 6) is -0.494. The van der Waals surface area contributed by atoms with E-state index in [1.807, 2.05) is 0 Å². The SMILES string of the molecule is O=C(COc1ccc(Cl)cc1C1C2=C(CCCC2=O)NC2=C1C(=O)CCC2)Nc1ccccc1Cl. The summed E-state index contributed by atoms with van der Waals surface area (Å²) in [6.45, 7) is -0.273. The van der Waals surface area contributed by atoms with Crippen LogP contribution in [0.2, 0.25) is 10.0 Å². The van der Waals surface area contributed by atoms with Gasteiger partial charge in [-0.1, -0.05) is 35.3 Å². The van der Waals surface area contributed by atoms with Crippen molar-refractivity contribution in [2.24, 2.45) is 0 Å². The number of rotatable bonds is 5. The van der Waals surface area contributed by atoms with Gasteiger partial charge >= 0.3 is 0 Å². The van der Waals surface area contributed by atoms with Gasteiger partial charge in [-0.2, -0.15) is 0 Å².